The number of anilines is 1. The maximum absolute atomic E-state index is 14.4. The number of carbonyl (C=O) groups is 1. The first-order chi connectivity index (χ1) is 13.2. The third kappa shape index (κ3) is 3.28. The third-order valence-electron chi connectivity index (χ3n) is 4.36. The Morgan fingerprint density at radius 1 is 1.33 bits per heavy atom. The summed E-state index contributed by atoms with van der Waals surface area (Å²) in [6.45, 7) is 3.75. The lowest BCUT2D eigenvalue weighted by Crippen LogP contribution is -2.17. The SMILES string of the molecule is C=NC[C@@H]1C[C@@H](F)[C@H](n2cnc3c(NC(=O)c4ccccc4)ncnc32)O1. The van der Waals surface area contributed by atoms with Gasteiger partial charge in [-0.15, -0.1) is 0 Å². The summed E-state index contributed by atoms with van der Waals surface area (Å²) in [7, 11) is 0. The summed E-state index contributed by atoms with van der Waals surface area (Å²) >= 11 is 0. The minimum Gasteiger partial charge on any atom is -0.350 e. The lowest BCUT2D eigenvalue weighted by atomic mass is 10.2. The molecule has 0 unspecified atom stereocenters. The number of amides is 1. The van der Waals surface area contributed by atoms with Crippen molar-refractivity contribution in [3.05, 3.63) is 48.5 Å². The summed E-state index contributed by atoms with van der Waals surface area (Å²) in [6.07, 6.45) is 0.566. The number of aliphatic imine (C=N–C) groups is 1. The zero-order valence-electron chi connectivity index (χ0n) is 14.3. The topological polar surface area (TPSA) is 94.3 Å². The Balaban J connectivity index is 1.62. The molecule has 8 nitrogen and oxygen atoms in total. The number of hydrogen-bond donors (Lipinski definition) is 1. The summed E-state index contributed by atoms with van der Waals surface area (Å²) < 4.78 is 21.7. The number of benzene rings is 1. The van der Waals surface area contributed by atoms with Crippen LogP contribution in [0, 0.1) is 0 Å². The van der Waals surface area contributed by atoms with Crippen LogP contribution in [0.1, 0.15) is 23.0 Å². The molecule has 0 radical (unpaired) electrons. The minimum atomic E-state index is -1.22. The van der Waals surface area contributed by atoms with E-state index < -0.39 is 12.4 Å². The number of carbonyl (C=O) groups excluding carboxylic acids is 1. The average molecular weight is 368 g/mol. The van der Waals surface area contributed by atoms with E-state index in [0.29, 0.717) is 23.3 Å². The number of nitrogens with zero attached hydrogens (tertiary/aromatic N) is 5. The fourth-order valence-electron chi connectivity index (χ4n) is 3.11. The van der Waals surface area contributed by atoms with E-state index in [4.69, 9.17) is 4.74 Å². The number of hydrogen-bond acceptors (Lipinski definition) is 6. The van der Waals surface area contributed by atoms with Crippen molar-refractivity contribution in [2.75, 3.05) is 11.9 Å². The Kier molecular flexibility index (Phi) is 4.59. The van der Waals surface area contributed by atoms with Crippen LogP contribution in [0.4, 0.5) is 10.2 Å². The summed E-state index contributed by atoms with van der Waals surface area (Å²) in [6, 6.07) is 8.75. The Morgan fingerprint density at radius 2 is 2.15 bits per heavy atom. The molecule has 0 saturated carbocycles. The maximum Gasteiger partial charge on any atom is 0.256 e. The summed E-state index contributed by atoms with van der Waals surface area (Å²) in [5, 5.41) is 2.72. The van der Waals surface area contributed by atoms with Gasteiger partial charge in [0.1, 0.15) is 12.5 Å². The van der Waals surface area contributed by atoms with Gasteiger partial charge in [-0.25, -0.2) is 19.3 Å². The van der Waals surface area contributed by atoms with Gasteiger partial charge in [-0.2, -0.15) is 0 Å². The largest absolute Gasteiger partial charge is 0.350 e. The molecule has 3 aromatic rings. The molecule has 0 aliphatic carbocycles. The van der Waals surface area contributed by atoms with Crippen molar-refractivity contribution in [2.24, 2.45) is 4.99 Å². The van der Waals surface area contributed by atoms with E-state index in [1.807, 2.05) is 6.07 Å². The molecule has 0 spiro atoms. The molecule has 1 N–H and O–H groups in total. The highest BCUT2D eigenvalue weighted by Crippen LogP contribution is 2.34. The first-order valence-electron chi connectivity index (χ1n) is 8.43. The van der Waals surface area contributed by atoms with E-state index in [1.165, 1.54) is 17.2 Å². The lowest BCUT2D eigenvalue weighted by molar-refractivity contribution is -0.0125. The molecule has 0 bridgehead atoms. The van der Waals surface area contributed by atoms with Crippen molar-refractivity contribution in [3.63, 3.8) is 0 Å². The van der Waals surface area contributed by atoms with Gasteiger partial charge in [0.25, 0.3) is 5.91 Å². The summed E-state index contributed by atoms with van der Waals surface area (Å²) in [5.74, 6) is -0.0620. The van der Waals surface area contributed by atoms with Crippen LogP contribution in [-0.2, 0) is 4.74 Å². The van der Waals surface area contributed by atoms with Crippen molar-refractivity contribution in [1.82, 2.24) is 19.5 Å². The first kappa shape index (κ1) is 17.2. The van der Waals surface area contributed by atoms with Crippen molar-refractivity contribution in [3.8, 4) is 0 Å². The third-order valence-corrected chi connectivity index (χ3v) is 4.36. The van der Waals surface area contributed by atoms with E-state index in [-0.39, 0.29) is 24.2 Å². The zero-order valence-corrected chi connectivity index (χ0v) is 14.3. The molecule has 1 amide bonds. The fraction of sp³-hybridized carbons (Fsp3) is 0.278. The van der Waals surface area contributed by atoms with E-state index in [0.717, 1.165) is 0 Å². The number of halogens is 1. The summed E-state index contributed by atoms with van der Waals surface area (Å²) in [5.41, 5.74) is 1.24. The predicted molar refractivity (Wildman–Crippen MR) is 97.6 cm³/mol. The normalized spacial score (nSPS) is 22.0. The van der Waals surface area contributed by atoms with Crippen LogP contribution < -0.4 is 5.32 Å². The molecular weight excluding hydrogens is 351 g/mol. The number of imidazole rings is 1. The maximum atomic E-state index is 14.4. The van der Waals surface area contributed by atoms with Gasteiger partial charge in [0.05, 0.1) is 19.0 Å². The van der Waals surface area contributed by atoms with E-state index in [2.05, 4.69) is 32.0 Å². The molecule has 1 aliphatic heterocycles. The monoisotopic (exact) mass is 368 g/mol. The second kappa shape index (κ2) is 7.20. The highest BCUT2D eigenvalue weighted by Gasteiger charge is 2.37. The van der Waals surface area contributed by atoms with Gasteiger partial charge < -0.3 is 10.1 Å². The van der Waals surface area contributed by atoms with Crippen LogP contribution in [0.5, 0.6) is 0 Å². The number of rotatable bonds is 5. The minimum absolute atomic E-state index is 0.228. The van der Waals surface area contributed by atoms with E-state index >= 15 is 0 Å². The number of ether oxygens (including phenoxy) is 1. The molecule has 3 atom stereocenters. The molecular formula is C18H17FN6O2. The van der Waals surface area contributed by atoms with Crippen LogP contribution in [0.3, 0.4) is 0 Å². The highest BCUT2D eigenvalue weighted by molar-refractivity contribution is 6.06. The highest BCUT2D eigenvalue weighted by atomic mass is 19.1. The number of nitrogens with one attached hydrogen (secondary N) is 1. The Hall–Kier alpha value is -3.20. The van der Waals surface area contributed by atoms with Gasteiger partial charge in [-0.3, -0.25) is 14.4 Å². The second-order valence-corrected chi connectivity index (χ2v) is 6.17. The van der Waals surface area contributed by atoms with Gasteiger partial charge in [-0.05, 0) is 18.9 Å². The quantitative estimate of drug-likeness (QED) is 0.698. The fourth-order valence-corrected chi connectivity index (χ4v) is 3.11. The molecule has 9 heteroatoms. The van der Waals surface area contributed by atoms with Crippen molar-refractivity contribution >= 4 is 29.6 Å². The van der Waals surface area contributed by atoms with Gasteiger partial charge in [-0.1, -0.05) is 18.2 Å². The molecule has 1 saturated heterocycles. The molecule has 1 fully saturated rings. The average Bonchev–Trinajstić information content (AvgIpc) is 3.26. The molecule has 27 heavy (non-hydrogen) atoms. The number of alkyl halides is 1. The lowest BCUT2D eigenvalue weighted by Gasteiger charge is -2.15. The van der Waals surface area contributed by atoms with Gasteiger partial charge in [0.2, 0.25) is 0 Å². The molecule has 2 aromatic heterocycles. The Morgan fingerprint density at radius 3 is 2.93 bits per heavy atom. The van der Waals surface area contributed by atoms with E-state index in [9.17, 15) is 9.18 Å². The number of aromatic nitrogens is 4. The van der Waals surface area contributed by atoms with Crippen molar-refractivity contribution in [1.29, 1.82) is 0 Å². The van der Waals surface area contributed by atoms with Gasteiger partial charge in [0, 0.05) is 12.0 Å². The predicted octanol–water partition coefficient (Wildman–Crippen LogP) is 2.40. The molecule has 4 rings (SSSR count). The first-order valence-corrected chi connectivity index (χ1v) is 8.43. The Labute approximate surface area is 154 Å². The van der Waals surface area contributed by atoms with Gasteiger partial charge in [0.15, 0.2) is 23.2 Å². The van der Waals surface area contributed by atoms with Crippen LogP contribution in [-0.4, -0.2) is 51.0 Å². The van der Waals surface area contributed by atoms with Gasteiger partial charge >= 0.3 is 0 Å². The second-order valence-electron chi connectivity index (χ2n) is 6.17. The van der Waals surface area contributed by atoms with Crippen LogP contribution >= 0.6 is 0 Å². The van der Waals surface area contributed by atoms with E-state index in [1.54, 1.807) is 24.3 Å². The Bertz CT molecular complexity index is 976. The smallest absolute Gasteiger partial charge is 0.256 e. The number of fused-ring (bicyclic) bond motifs is 1. The van der Waals surface area contributed by atoms with Crippen LogP contribution in [0.25, 0.3) is 11.2 Å². The standard InChI is InChI=1S/C18H17FN6O2/c1-20-8-12-7-13(19)18(27-12)25-10-23-14-15(21-9-22-16(14)25)24-17(26)11-5-3-2-4-6-11/h2-6,9-10,12-13,18H,1,7-8H2,(H,21,22,24,26)/t12-,13+,18+/m0/s1. The van der Waals surface area contributed by atoms with Crippen LogP contribution in [0.2, 0.25) is 0 Å². The van der Waals surface area contributed by atoms with Crippen molar-refractivity contribution < 1.29 is 13.9 Å². The molecule has 1 aromatic carbocycles. The molecule has 1 aliphatic rings. The van der Waals surface area contributed by atoms with Crippen LogP contribution in [0.15, 0.2) is 48.0 Å². The van der Waals surface area contributed by atoms with Crippen molar-refractivity contribution in [2.45, 2.75) is 24.9 Å². The summed E-state index contributed by atoms with van der Waals surface area (Å²) in [4.78, 5) is 28.7. The molecule has 138 valence electrons. The zero-order chi connectivity index (χ0) is 18.8. The molecule has 3 heterocycles.